The molecule has 1 aliphatic rings. The molecular weight excluding hydrogens is 460 g/mol. The number of ether oxygens (including phenoxy) is 1. The van der Waals surface area contributed by atoms with Crippen molar-refractivity contribution in [1.29, 1.82) is 0 Å². The van der Waals surface area contributed by atoms with Crippen LogP contribution in [0.5, 0.6) is 11.5 Å². The molecule has 0 saturated carbocycles. The van der Waals surface area contributed by atoms with E-state index in [1.165, 1.54) is 34.8 Å². The predicted molar refractivity (Wildman–Crippen MR) is 151 cm³/mol. The molecule has 0 saturated heterocycles. The van der Waals surface area contributed by atoms with Gasteiger partial charge < -0.3 is 15.2 Å². The molecule has 2 aromatic carbocycles. The molecule has 37 heavy (non-hydrogen) atoms. The maximum absolute atomic E-state index is 10.7. The molecule has 1 atom stereocenters. The molecular formula is C32H40N2O3. The van der Waals surface area contributed by atoms with Crippen LogP contribution in [0.1, 0.15) is 87.4 Å². The molecule has 2 N–H and O–H groups in total. The normalized spacial score (nSPS) is 12.8. The second kappa shape index (κ2) is 13.8. The maximum atomic E-state index is 10.7. The van der Waals surface area contributed by atoms with Gasteiger partial charge in [-0.2, -0.15) is 0 Å². The number of hydrogen-bond donors (Lipinski definition) is 2. The fraction of sp³-hybridized carbons (Fsp3) is 0.375. The van der Waals surface area contributed by atoms with Gasteiger partial charge in [-0.05, 0) is 92.2 Å². The largest absolute Gasteiger partial charge is 0.508 e. The molecule has 0 amide bonds. The third kappa shape index (κ3) is 7.53. The first-order chi connectivity index (χ1) is 17.9. The molecule has 0 aliphatic heterocycles. The third-order valence-corrected chi connectivity index (χ3v) is 6.66. The number of benzene rings is 2. The lowest BCUT2D eigenvalue weighted by Gasteiger charge is -2.17. The molecule has 196 valence electrons. The Morgan fingerprint density at radius 2 is 1.76 bits per heavy atom. The fourth-order valence-corrected chi connectivity index (χ4v) is 4.81. The lowest BCUT2D eigenvalue weighted by Crippen LogP contribution is -2.12. The predicted octanol–water partition coefficient (Wildman–Crippen LogP) is 7.18. The lowest BCUT2D eigenvalue weighted by molar-refractivity contribution is -0.131. The van der Waals surface area contributed by atoms with E-state index in [4.69, 9.17) is 9.72 Å². The Hall–Kier alpha value is -3.44. The molecule has 1 heterocycles. The molecule has 4 rings (SSSR count). The zero-order valence-electron chi connectivity index (χ0n) is 22.8. The van der Waals surface area contributed by atoms with Crippen molar-refractivity contribution < 1.29 is 14.6 Å². The topological polar surface area (TPSA) is 71.5 Å². The summed E-state index contributed by atoms with van der Waals surface area (Å²) in [5.74, 6) is 0.658. The van der Waals surface area contributed by atoms with Gasteiger partial charge >= 0.3 is 5.97 Å². The number of phenolic OH excluding ortho intramolecular Hbond substituents is 1. The van der Waals surface area contributed by atoms with Gasteiger partial charge in [0.15, 0.2) is 0 Å². The smallest absolute Gasteiger partial charge is 0.308 e. The summed E-state index contributed by atoms with van der Waals surface area (Å²) < 4.78 is 4.98. The minimum absolute atomic E-state index is 0.255. The van der Waals surface area contributed by atoms with Crippen molar-refractivity contribution in [3.63, 3.8) is 0 Å². The molecule has 0 bridgehead atoms. The summed E-state index contributed by atoms with van der Waals surface area (Å²) in [4.78, 5) is 15.5. The van der Waals surface area contributed by atoms with Crippen molar-refractivity contribution in [3.05, 3.63) is 94.3 Å². The van der Waals surface area contributed by atoms with E-state index >= 15 is 0 Å². The highest BCUT2D eigenvalue weighted by Gasteiger charge is 2.22. The van der Waals surface area contributed by atoms with Crippen LogP contribution in [0.4, 0.5) is 0 Å². The van der Waals surface area contributed by atoms with Crippen LogP contribution in [-0.4, -0.2) is 23.1 Å². The number of allylic oxidation sites excluding steroid dienone is 1. The molecule has 0 fully saturated rings. The van der Waals surface area contributed by atoms with E-state index in [1.807, 2.05) is 56.6 Å². The van der Waals surface area contributed by atoms with Gasteiger partial charge in [0.25, 0.3) is 0 Å². The summed E-state index contributed by atoms with van der Waals surface area (Å²) in [7, 11) is 1.89. The maximum Gasteiger partial charge on any atom is 0.308 e. The first kappa shape index (κ1) is 28.1. The Kier molecular flexibility index (Phi) is 10.5. The number of esters is 1. The van der Waals surface area contributed by atoms with Crippen LogP contribution in [0.25, 0.3) is 5.57 Å². The molecule has 1 aliphatic carbocycles. The average molecular weight is 501 g/mol. The first-order valence-corrected chi connectivity index (χ1v) is 13.3. The molecule has 0 spiro atoms. The van der Waals surface area contributed by atoms with Gasteiger partial charge in [-0.15, -0.1) is 0 Å². The molecule has 1 unspecified atom stereocenters. The standard InChI is InChI=1S/C21H25NO.C11H15NO2/c1-3-6-15(7-4-2)20-19-12-11-18(23)14-17(19)10-9-16-8-5-13-22-21(16)20;1-8(12-3)10-5-4-6-11(7-10)14-9(2)13/h5,8,11-14,23H,3-4,6-7,9-10H2,1-2H3;4-8,12H,1-3H3. The summed E-state index contributed by atoms with van der Waals surface area (Å²) in [6.45, 7) is 7.93. The van der Waals surface area contributed by atoms with E-state index in [2.05, 4.69) is 31.3 Å². The number of aromatic hydroxyl groups is 1. The minimum atomic E-state index is -0.292. The lowest BCUT2D eigenvalue weighted by atomic mass is 9.89. The molecule has 3 aromatic rings. The van der Waals surface area contributed by atoms with Crippen LogP contribution in [0, 0.1) is 0 Å². The molecule has 5 nitrogen and oxygen atoms in total. The van der Waals surface area contributed by atoms with E-state index in [0.29, 0.717) is 11.5 Å². The fourth-order valence-electron chi connectivity index (χ4n) is 4.81. The Balaban J connectivity index is 0.000000233. The van der Waals surface area contributed by atoms with Crippen molar-refractivity contribution in [3.8, 4) is 11.5 Å². The van der Waals surface area contributed by atoms with Gasteiger partial charge in [0.2, 0.25) is 0 Å². The number of phenols is 1. The average Bonchev–Trinajstić information content (AvgIpc) is 3.05. The summed E-state index contributed by atoms with van der Waals surface area (Å²) in [5, 5.41) is 13.0. The van der Waals surface area contributed by atoms with Gasteiger partial charge in [-0.3, -0.25) is 9.78 Å². The van der Waals surface area contributed by atoms with Crippen molar-refractivity contribution in [2.45, 2.75) is 72.3 Å². The quantitative estimate of drug-likeness (QED) is 0.266. The van der Waals surface area contributed by atoms with Crippen molar-refractivity contribution >= 4 is 11.5 Å². The molecule has 5 heteroatoms. The van der Waals surface area contributed by atoms with Crippen molar-refractivity contribution in [2.24, 2.45) is 0 Å². The number of rotatable bonds is 7. The Bertz CT molecular complexity index is 1220. The summed E-state index contributed by atoms with van der Waals surface area (Å²) in [6.07, 6.45) is 8.35. The second-order valence-electron chi connectivity index (χ2n) is 9.51. The highest BCUT2D eigenvalue weighted by atomic mass is 16.5. The number of fused-ring (bicyclic) bond motifs is 2. The zero-order valence-corrected chi connectivity index (χ0v) is 22.8. The number of hydrogen-bond acceptors (Lipinski definition) is 5. The van der Waals surface area contributed by atoms with Gasteiger partial charge in [-0.25, -0.2) is 0 Å². The van der Waals surface area contributed by atoms with Gasteiger partial charge in [-0.1, -0.05) is 56.5 Å². The third-order valence-electron chi connectivity index (χ3n) is 6.66. The van der Waals surface area contributed by atoms with Crippen molar-refractivity contribution in [1.82, 2.24) is 10.3 Å². The summed E-state index contributed by atoms with van der Waals surface area (Å²) in [5.41, 5.74) is 8.89. The number of nitrogens with zero attached hydrogens (tertiary/aromatic N) is 1. The van der Waals surface area contributed by atoms with Crippen molar-refractivity contribution in [2.75, 3.05) is 7.05 Å². The van der Waals surface area contributed by atoms with Crippen LogP contribution in [0.15, 0.2) is 66.4 Å². The van der Waals surface area contributed by atoms with E-state index in [0.717, 1.165) is 49.8 Å². The Labute approximate surface area is 221 Å². The number of aryl methyl sites for hydroxylation is 2. The SMILES string of the molecule is CCCC(CCC)=C1c2ccc(O)cc2CCc2cccnc21.CNC(C)c1cccc(OC(C)=O)c1. The number of aromatic nitrogens is 1. The Morgan fingerprint density at radius 1 is 1.03 bits per heavy atom. The van der Waals surface area contributed by atoms with Gasteiger partial charge in [0, 0.05) is 24.7 Å². The van der Waals surface area contributed by atoms with Crippen LogP contribution >= 0.6 is 0 Å². The van der Waals surface area contributed by atoms with E-state index in [-0.39, 0.29) is 12.0 Å². The Morgan fingerprint density at radius 3 is 2.43 bits per heavy atom. The first-order valence-electron chi connectivity index (χ1n) is 13.3. The summed E-state index contributed by atoms with van der Waals surface area (Å²) in [6, 6.07) is 17.8. The van der Waals surface area contributed by atoms with Crippen LogP contribution in [-0.2, 0) is 17.6 Å². The van der Waals surface area contributed by atoms with E-state index < -0.39 is 0 Å². The number of pyridine rings is 1. The van der Waals surface area contributed by atoms with Crippen LogP contribution in [0.2, 0.25) is 0 Å². The van der Waals surface area contributed by atoms with E-state index in [9.17, 15) is 9.90 Å². The minimum Gasteiger partial charge on any atom is -0.508 e. The number of nitrogens with one attached hydrogen (secondary N) is 1. The van der Waals surface area contributed by atoms with Gasteiger partial charge in [0.05, 0.1) is 5.69 Å². The molecule has 0 radical (unpaired) electrons. The summed E-state index contributed by atoms with van der Waals surface area (Å²) >= 11 is 0. The molecule has 1 aromatic heterocycles. The number of carbonyl (C=O) groups is 1. The van der Waals surface area contributed by atoms with Gasteiger partial charge in [0.1, 0.15) is 11.5 Å². The zero-order chi connectivity index (χ0) is 26.8. The second-order valence-corrected chi connectivity index (χ2v) is 9.51. The highest BCUT2D eigenvalue weighted by molar-refractivity contribution is 5.84. The highest BCUT2D eigenvalue weighted by Crippen LogP contribution is 2.38. The van der Waals surface area contributed by atoms with Crippen LogP contribution < -0.4 is 10.1 Å². The number of carbonyl (C=O) groups excluding carboxylic acids is 1. The van der Waals surface area contributed by atoms with E-state index in [1.54, 1.807) is 6.07 Å². The monoisotopic (exact) mass is 500 g/mol. The van der Waals surface area contributed by atoms with Crippen LogP contribution in [0.3, 0.4) is 0 Å².